The molecule has 0 aliphatic heterocycles. The Morgan fingerprint density at radius 1 is 0.897 bits per heavy atom. The van der Waals surface area contributed by atoms with Crippen LogP contribution < -0.4 is 0 Å². The standard InChI is InChI=1S/C20H18O4.H3O4P/c1-2-19(21)23-13-14-24-20(22)18(17-11-7-4-8-12-17)15-16-9-5-3-6-10-16;1-5(2,3)4/h2-12,15H,1,13-14H2;(H3,1,2,3,4). The van der Waals surface area contributed by atoms with E-state index in [9.17, 15) is 9.59 Å². The zero-order valence-corrected chi connectivity index (χ0v) is 16.3. The first-order chi connectivity index (χ1) is 13.7. The molecule has 0 aliphatic rings. The highest BCUT2D eigenvalue weighted by Gasteiger charge is 2.13. The van der Waals surface area contributed by atoms with Crippen molar-refractivity contribution >= 4 is 31.4 Å². The van der Waals surface area contributed by atoms with Gasteiger partial charge in [-0.2, -0.15) is 0 Å². The number of hydrogen-bond acceptors (Lipinski definition) is 5. The third kappa shape index (κ3) is 11.4. The summed E-state index contributed by atoms with van der Waals surface area (Å²) < 4.78 is 18.9. The van der Waals surface area contributed by atoms with Gasteiger partial charge in [-0.05, 0) is 17.2 Å². The molecule has 0 radical (unpaired) electrons. The third-order valence-electron chi connectivity index (χ3n) is 3.14. The molecule has 0 saturated carbocycles. The normalized spacial score (nSPS) is 10.9. The quantitative estimate of drug-likeness (QED) is 0.205. The van der Waals surface area contributed by atoms with Gasteiger partial charge in [-0.1, -0.05) is 67.2 Å². The van der Waals surface area contributed by atoms with Crippen LogP contribution in [-0.2, 0) is 23.6 Å². The SMILES string of the molecule is C=CC(=O)OCCOC(=O)C(=Cc1ccccc1)c1ccccc1.O=P(O)(O)O. The molecule has 0 heterocycles. The number of ether oxygens (including phenoxy) is 2. The second-order valence-electron chi connectivity index (χ2n) is 5.36. The number of rotatable bonds is 7. The topological polar surface area (TPSA) is 130 Å². The lowest BCUT2D eigenvalue weighted by molar-refractivity contribution is -0.145. The maximum absolute atomic E-state index is 12.4. The summed E-state index contributed by atoms with van der Waals surface area (Å²) in [6, 6.07) is 18.8. The summed E-state index contributed by atoms with van der Waals surface area (Å²) >= 11 is 0. The summed E-state index contributed by atoms with van der Waals surface area (Å²) in [4.78, 5) is 44.9. The molecule has 0 unspecified atom stereocenters. The lowest BCUT2D eigenvalue weighted by Gasteiger charge is -2.09. The van der Waals surface area contributed by atoms with Crippen molar-refractivity contribution in [3.05, 3.63) is 84.4 Å². The lowest BCUT2D eigenvalue weighted by Crippen LogP contribution is -2.13. The van der Waals surface area contributed by atoms with E-state index in [1.54, 1.807) is 6.08 Å². The van der Waals surface area contributed by atoms with Crippen molar-refractivity contribution in [3.8, 4) is 0 Å². The van der Waals surface area contributed by atoms with E-state index in [4.69, 9.17) is 28.7 Å². The zero-order valence-electron chi connectivity index (χ0n) is 15.4. The van der Waals surface area contributed by atoms with Crippen molar-refractivity contribution in [1.29, 1.82) is 0 Å². The predicted molar refractivity (Wildman–Crippen MR) is 107 cm³/mol. The molecule has 29 heavy (non-hydrogen) atoms. The fourth-order valence-corrected chi connectivity index (χ4v) is 2.01. The summed E-state index contributed by atoms with van der Waals surface area (Å²) in [5.74, 6) is -1.02. The Kier molecular flexibility index (Phi) is 10.3. The monoisotopic (exact) mass is 420 g/mol. The van der Waals surface area contributed by atoms with Gasteiger partial charge in [0.05, 0.1) is 5.57 Å². The Balaban J connectivity index is 0.000000749. The minimum absolute atomic E-state index is 0.00992. The molecule has 0 atom stereocenters. The molecule has 2 aromatic rings. The minimum Gasteiger partial charge on any atom is -0.459 e. The Morgan fingerprint density at radius 2 is 1.38 bits per heavy atom. The molecule has 0 aliphatic carbocycles. The van der Waals surface area contributed by atoms with Gasteiger partial charge in [0, 0.05) is 6.08 Å². The summed E-state index contributed by atoms with van der Waals surface area (Å²) in [5, 5.41) is 0. The van der Waals surface area contributed by atoms with E-state index in [0.29, 0.717) is 5.57 Å². The third-order valence-corrected chi connectivity index (χ3v) is 3.14. The van der Waals surface area contributed by atoms with Gasteiger partial charge in [0.2, 0.25) is 0 Å². The molecule has 0 bridgehead atoms. The van der Waals surface area contributed by atoms with E-state index in [1.165, 1.54) is 0 Å². The number of esters is 2. The first-order valence-electron chi connectivity index (χ1n) is 8.27. The van der Waals surface area contributed by atoms with Crippen molar-refractivity contribution in [2.45, 2.75) is 0 Å². The van der Waals surface area contributed by atoms with Gasteiger partial charge in [0.15, 0.2) is 0 Å². The van der Waals surface area contributed by atoms with Crippen LogP contribution in [0.1, 0.15) is 11.1 Å². The molecule has 2 rings (SSSR count). The smallest absolute Gasteiger partial charge is 0.459 e. The average Bonchev–Trinajstić information content (AvgIpc) is 2.69. The van der Waals surface area contributed by atoms with Crippen LogP contribution in [0.5, 0.6) is 0 Å². The van der Waals surface area contributed by atoms with Crippen LogP contribution in [-0.4, -0.2) is 39.8 Å². The molecule has 154 valence electrons. The van der Waals surface area contributed by atoms with Crippen LogP contribution in [0, 0.1) is 0 Å². The van der Waals surface area contributed by atoms with Crippen molar-refractivity contribution in [1.82, 2.24) is 0 Å². The predicted octanol–water partition coefficient (Wildman–Crippen LogP) is 2.57. The zero-order chi connectivity index (χ0) is 21.7. The summed E-state index contributed by atoms with van der Waals surface area (Å²) in [6.07, 6.45) is 2.83. The van der Waals surface area contributed by atoms with Crippen molar-refractivity contribution < 1.29 is 38.3 Å². The molecule has 8 nitrogen and oxygen atoms in total. The molecular formula is C20H21O8P. The van der Waals surface area contributed by atoms with E-state index in [2.05, 4.69) is 6.58 Å². The molecular weight excluding hydrogens is 399 g/mol. The van der Waals surface area contributed by atoms with Gasteiger partial charge in [0.1, 0.15) is 13.2 Å². The van der Waals surface area contributed by atoms with Gasteiger partial charge in [-0.3, -0.25) is 0 Å². The highest BCUT2D eigenvalue weighted by Crippen LogP contribution is 2.25. The van der Waals surface area contributed by atoms with Crippen molar-refractivity contribution in [3.63, 3.8) is 0 Å². The van der Waals surface area contributed by atoms with E-state index in [-0.39, 0.29) is 13.2 Å². The maximum atomic E-state index is 12.4. The Labute approximate surface area is 168 Å². The fourth-order valence-electron chi connectivity index (χ4n) is 2.01. The van der Waals surface area contributed by atoms with Crippen LogP contribution in [0.15, 0.2) is 73.3 Å². The van der Waals surface area contributed by atoms with E-state index in [1.807, 2.05) is 60.7 Å². The number of hydrogen-bond donors (Lipinski definition) is 3. The highest BCUT2D eigenvalue weighted by atomic mass is 31.2. The Hall–Kier alpha value is -3.03. The van der Waals surface area contributed by atoms with Crippen molar-refractivity contribution in [2.24, 2.45) is 0 Å². The number of carbonyl (C=O) groups is 2. The maximum Gasteiger partial charge on any atom is 0.466 e. The summed E-state index contributed by atoms with van der Waals surface area (Å²) in [5.41, 5.74) is 2.10. The molecule has 3 N–H and O–H groups in total. The number of benzene rings is 2. The summed E-state index contributed by atoms with van der Waals surface area (Å²) in [6.45, 7) is 3.27. The average molecular weight is 420 g/mol. The Morgan fingerprint density at radius 3 is 1.90 bits per heavy atom. The van der Waals surface area contributed by atoms with Crippen LogP contribution in [0.3, 0.4) is 0 Å². The van der Waals surface area contributed by atoms with E-state index in [0.717, 1.165) is 17.2 Å². The minimum atomic E-state index is -4.64. The van der Waals surface area contributed by atoms with Gasteiger partial charge in [0.25, 0.3) is 0 Å². The largest absolute Gasteiger partial charge is 0.466 e. The molecule has 2 aromatic carbocycles. The fraction of sp³-hybridized carbons (Fsp3) is 0.100. The summed E-state index contributed by atoms with van der Waals surface area (Å²) in [7, 11) is -4.64. The van der Waals surface area contributed by atoms with Crippen LogP contribution >= 0.6 is 7.82 Å². The van der Waals surface area contributed by atoms with Crippen LogP contribution in [0.2, 0.25) is 0 Å². The van der Waals surface area contributed by atoms with Crippen LogP contribution in [0.25, 0.3) is 11.6 Å². The molecule has 9 heteroatoms. The first kappa shape index (κ1) is 24.0. The lowest BCUT2D eigenvalue weighted by atomic mass is 10.0. The van der Waals surface area contributed by atoms with Gasteiger partial charge < -0.3 is 24.2 Å². The number of carbonyl (C=O) groups excluding carboxylic acids is 2. The second-order valence-corrected chi connectivity index (χ2v) is 6.38. The number of phosphoric acid groups is 1. The molecule has 0 saturated heterocycles. The highest BCUT2D eigenvalue weighted by molar-refractivity contribution is 7.45. The Bertz CT molecular complexity index is 864. The second kappa shape index (κ2) is 12.4. The molecule has 0 spiro atoms. The molecule has 0 amide bonds. The molecule has 0 fully saturated rings. The molecule has 0 aromatic heterocycles. The van der Waals surface area contributed by atoms with Gasteiger partial charge in [-0.15, -0.1) is 0 Å². The van der Waals surface area contributed by atoms with Crippen molar-refractivity contribution in [2.75, 3.05) is 13.2 Å². The van der Waals surface area contributed by atoms with Gasteiger partial charge in [-0.25, -0.2) is 14.2 Å². The van der Waals surface area contributed by atoms with E-state index >= 15 is 0 Å². The van der Waals surface area contributed by atoms with Gasteiger partial charge >= 0.3 is 19.8 Å². The first-order valence-corrected chi connectivity index (χ1v) is 9.84. The van der Waals surface area contributed by atoms with E-state index < -0.39 is 19.8 Å². The van der Waals surface area contributed by atoms with Crippen LogP contribution in [0.4, 0.5) is 0 Å².